The van der Waals surface area contributed by atoms with Gasteiger partial charge in [0.1, 0.15) is 5.75 Å². The Morgan fingerprint density at radius 2 is 2.10 bits per heavy atom. The Morgan fingerprint density at radius 1 is 1.40 bits per heavy atom. The highest BCUT2D eigenvalue weighted by Crippen LogP contribution is 2.15. The van der Waals surface area contributed by atoms with E-state index in [2.05, 4.69) is 12.2 Å². The highest BCUT2D eigenvalue weighted by molar-refractivity contribution is 5.93. The second-order valence-electron chi connectivity index (χ2n) is 5.80. The Balaban J connectivity index is 1.92. The second kappa shape index (κ2) is 6.75. The molecule has 0 aromatic heterocycles. The fraction of sp³-hybridized carbons (Fsp3) is 0.562. The monoisotopic (exact) mass is 277 g/mol. The SMILES string of the molecule is COc1ccc(NC(=O)[C@H](C)[NH+]2CCC[C@@H](C)C2)cc1. The van der Waals surface area contributed by atoms with E-state index in [0.29, 0.717) is 0 Å². The summed E-state index contributed by atoms with van der Waals surface area (Å²) in [6, 6.07) is 7.46. The summed E-state index contributed by atoms with van der Waals surface area (Å²) in [6.45, 7) is 6.48. The van der Waals surface area contributed by atoms with Gasteiger partial charge in [0.15, 0.2) is 6.04 Å². The number of amides is 1. The van der Waals surface area contributed by atoms with Gasteiger partial charge in [-0.05, 0) is 44.0 Å². The molecule has 1 aliphatic heterocycles. The summed E-state index contributed by atoms with van der Waals surface area (Å²) in [4.78, 5) is 13.7. The molecular formula is C16H25N2O2+. The Bertz CT molecular complexity index is 444. The maximum atomic E-state index is 12.3. The van der Waals surface area contributed by atoms with Crippen LogP contribution in [0, 0.1) is 5.92 Å². The van der Waals surface area contributed by atoms with Crippen molar-refractivity contribution < 1.29 is 14.4 Å². The third kappa shape index (κ3) is 3.73. The van der Waals surface area contributed by atoms with Gasteiger partial charge >= 0.3 is 0 Å². The molecule has 20 heavy (non-hydrogen) atoms. The number of piperidine rings is 1. The zero-order chi connectivity index (χ0) is 14.5. The molecule has 0 saturated carbocycles. The van der Waals surface area contributed by atoms with Crippen LogP contribution in [0.5, 0.6) is 5.75 Å². The molecular weight excluding hydrogens is 252 g/mol. The normalized spacial score (nSPS) is 23.9. The smallest absolute Gasteiger partial charge is 0.282 e. The third-order valence-corrected chi connectivity index (χ3v) is 4.17. The first kappa shape index (κ1) is 14.9. The molecule has 0 bridgehead atoms. The Hall–Kier alpha value is -1.55. The third-order valence-electron chi connectivity index (χ3n) is 4.17. The number of carbonyl (C=O) groups excluding carboxylic acids is 1. The molecule has 1 amide bonds. The van der Waals surface area contributed by atoms with Gasteiger partial charge in [0.05, 0.1) is 20.2 Å². The predicted octanol–water partition coefficient (Wildman–Crippen LogP) is 1.34. The van der Waals surface area contributed by atoms with Crippen molar-refractivity contribution in [3.63, 3.8) is 0 Å². The fourth-order valence-electron chi connectivity index (χ4n) is 2.83. The summed E-state index contributed by atoms with van der Waals surface area (Å²) in [5.74, 6) is 1.61. The molecule has 0 spiro atoms. The molecule has 0 radical (unpaired) electrons. The van der Waals surface area contributed by atoms with Crippen LogP contribution in [0.3, 0.4) is 0 Å². The van der Waals surface area contributed by atoms with Crippen LogP contribution in [0.4, 0.5) is 5.69 Å². The molecule has 2 rings (SSSR count). The van der Waals surface area contributed by atoms with Gasteiger partial charge in [-0.2, -0.15) is 0 Å². The minimum atomic E-state index is -0.000137. The fourth-order valence-corrected chi connectivity index (χ4v) is 2.83. The maximum Gasteiger partial charge on any atom is 0.282 e. The minimum absolute atomic E-state index is 0.000137. The van der Waals surface area contributed by atoms with E-state index in [1.165, 1.54) is 17.7 Å². The number of anilines is 1. The van der Waals surface area contributed by atoms with Crippen molar-refractivity contribution in [3.05, 3.63) is 24.3 Å². The molecule has 4 nitrogen and oxygen atoms in total. The summed E-state index contributed by atoms with van der Waals surface area (Å²) in [5, 5.41) is 2.99. The van der Waals surface area contributed by atoms with Crippen LogP contribution in [0.1, 0.15) is 26.7 Å². The van der Waals surface area contributed by atoms with Gasteiger partial charge in [-0.3, -0.25) is 4.79 Å². The van der Waals surface area contributed by atoms with Crippen molar-refractivity contribution in [1.29, 1.82) is 0 Å². The number of quaternary nitrogens is 1. The first-order chi connectivity index (χ1) is 9.60. The van der Waals surface area contributed by atoms with Crippen LogP contribution in [0.25, 0.3) is 0 Å². The molecule has 4 heteroatoms. The number of nitrogens with one attached hydrogen (secondary N) is 2. The van der Waals surface area contributed by atoms with Crippen molar-refractivity contribution in [1.82, 2.24) is 0 Å². The molecule has 0 aliphatic carbocycles. The van der Waals surface area contributed by atoms with E-state index in [4.69, 9.17) is 4.74 Å². The van der Waals surface area contributed by atoms with Crippen molar-refractivity contribution in [2.75, 3.05) is 25.5 Å². The quantitative estimate of drug-likeness (QED) is 0.872. The van der Waals surface area contributed by atoms with Crippen LogP contribution < -0.4 is 15.0 Å². The lowest BCUT2D eigenvalue weighted by Gasteiger charge is -2.31. The minimum Gasteiger partial charge on any atom is -0.497 e. The van der Waals surface area contributed by atoms with Crippen LogP contribution in [0.15, 0.2) is 24.3 Å². The molecule has 1 aromatic carbocycles. The predicted molar refractivity (Wildman–Crippen MR) is 80.2 cm³/mol. The lowest BCUT2D eigenvalue weighted by atomic mass is 9.99. The topological polar surface area (TPSA) is 42.8 Å². The highest BCUT2D eigenvalue weighted by Gasteiger charge is 2.29. The van der Waals surface area contributed by atoms with Crippen molar-refractivity contribution in [2.24, 2.45) is 5.92 Å². The van der Waals surface area contributed by atoms with E-state index < -0.39 is 0 Å². The number of hydrogen-bond acceptors (Lipinski definition) is 2. The van der Waals surface area contributed by atoms with E-state index >= 15 is 0 Å². The van der Waals surface area contributed by atoms with Gasteiger partial charge in [-0.15, -0.1) is 0 Å². The van der Waals surface area contributed by atoms with E-state index in [1.807, 2.05) is 31.2 Å². The average molecular weight is 277 g/mol. The Morgan fingerprint density at radius 3 is 2.70 bits per heavy atom. The average Bonchev–Trinajstić information content (AvgIpc) is 2.47. The zero-order valence-electron chi connectivity index (χ0n) is 12.6. The van der Waals surface area contributed by atoms with Crippen molar-refractivity contribution >= 4 is 11.6 Å². The van der Waals surface area contributed by atoms with Gasteiger partial charge < -0.3 is 15.0 Å². The molecule has 1 unspecified atom stereocenters. The molecule has 1 heterocycles. The number of carbonyl (C=O) groups is 1. The highest BCUT2D eigenvalue weighted by atomic mass is 16.5. The van der Waals surface area contributed by atoms with Gasteiger partial charge in [0, 0.05) is 11.6 Å². The number of ether oxygens (including phenoxy) is 1. The Kier molecular flexibility index (Phi) is 5.01. The number of hydrogen-bond donors (Lipinski definition) is 2. The Labute approximate surface area is 121 Å². The van der Waals surface area contributed by atoms with Gasteiger partial charge in [0.25, 0.3) is 5.91 Å². The summed E-state index contributed by atoms with van der Waals surface area (Å²) in [7, 11) is 1.64. The number of rotatable bonds is 4. The summed E-state index contributed by atoms with van der Waals surface area (Å²) < 4.78 is 5.11. The molecule has 110 valence electrons. The molecule has 1 saturated heterocycles. The lowest BCUT2D eigenvalue weighted by molar-refractivity contribution is -0.922. The number of methoxy groups -OCH3 is 1. The second-order valence-corrected chi connectivity index (χ2v) is 5.80. The first-order valence-corrected chi connectivity index (χ1v) is 7.39. The van der Waals surface area contributed by atoms with Crippen molar-refractivity contribution in [2.45, 2.75) is 32.7 Å². The van der Waals surface area contributed by atoms with E-state index in [0.717, 1.165) is 30.4 Å². The summed E-state index contributed by atoms with van der Waals surface area (Å²) in [5.41, 5.74) is 0.826. The standard InChI is InChI=1S/C16H24N2O2/c1-12-5-4-10-18(11-12)13(2)16(19)17-14-6-8-15(20-3)9-7-14/h6-9,12-13H,4-5,10-11H2,1-3H3,(H,17,19)/p+1/t12-,13+/m1/s1. The van der Waals surface area contributed by atoms with E-state index in [-0.39, 0.29) is 11.9 Å². The lowest BCUT2D eigenvalue weighted by Crippen LogP contribution is -3.17. The molecule has 2 N–H and O–H groups in total. The van der Waals surface area contributed by atoms with Gasteiger partial charge in [-0.1, -0.05) is 6.92 Å². The van der Waals surface area contributed by atoms with Gasteiger partial charge in [0.2, 0.25) is 0 Å². The number of likely N-dealkylation sites (tertiary alicyclic amines) is 1. The summed E-state index contributed by atoms with van der Waals surface area (Å²) >= 11 is 0. The summed E-state index contributed by atoms with van der Waals surface area (Å²) in [6.07, 6.45) is 2.51. The van der Waals surface area contributed by atoms with Gasteiger partial charge in [-0.25, -0.2) is 0 Å². The van der Waals surface area contributed by atoms with Crippen LogP contribution in [-0.2, 0) is 4.79 Å². The molecule has 1 aromatic rings. The molecule has 1 aliphatic rings. The van der Waals surface area contributed by atoms with Crippen LogP contribution in [-0.4, -0.2) is 32.1 Å². The van der Waals surface area contributed by atoms with Crippen molar-refractivity contribution in [3.8, 4) is 5.75 Å². The zero-order valence-corrected chi connectivity index (χ0v) is 12.6. The number of benzene rings is 1. The molecule has 1 fully saturated rings. The van der Waals surface area contributed by atoms with E-state index in [9.17, 15) is 4.79 Å². The first-order valence-electron chi connectivity index (χ1n) is 7.39. The van der Waals surface area contributed by atoms with E-state index in [1.54, 1.807) is 7.11 Å². The maximum absolute atomic E-state index is 12.3. The van der Waals surface area contributed by atoms with Crippen LogP contribution in [0.2, 0.25) is 0 Å². The van der Waals surface area contributed by atoms with Crippen LogP contribution >= 0.6 is 0 Å². The molecule has 3 atom stereocenters. The largest absolute Gasteiger partial charge is 0.497 e.